The minimum atomic E-state index is -0.910. The summed E-state index contributed by atoms with van der Waals surface area (Å²) in [4.78, 5) is 13.3. The normalized spacial score (nSPS) is 14.0. The largest absolute Gasteiger partial charge is 0.374 e. The predicted molar refractivity (Wildman–Crippen MR) is 75.5 cm³/mol. The molecule has 4 N–H and O–H groups in total. The fourth-order valence-electron chi connectivity index (χ4n) is 1.92. The zero-order valence-corrected chi connectivity index (χ0v) is 11.4. The number of para-hydroxylation sites is 1. The van der Waals surface area contributed by atoms with Gasteiger partial charge in [-0.3, -0.25) is 4.79 Å². The molecule has 0 fully saturated rings. The SMILES string of the molecule is Cc1ccccc1N(C)CCCC(C)(N)C(N)=O. The fraction of sp³-hybridized carbons (Fsp3) is 0.500. The van der Waals surface area contributed by atoms with Crippen LogP contribution in [0.2, 0.25) is 0 Å². The van der Waals surface area contributed by atoms with E-state index in [1.54, 1.807) is 6.92 Å². The Hall–Kier alpha value is -1.55. The first-order chi connectivity index (χ1) is 8.34. The van der Waals surface area contributed by atoms with E-state index in [0.29, 0.717) is 6.42 Å². The number of amides is 1. The molecule has 1 atom stereocenters. The molecule has 0 saturated heterocycles. The maximum absolute atomic E-state index is 11.1. The first-order valence-electron chi connectivity index (χ1n) is 6.20. The smallest absolute Gasteiger partial charge is 0.237 e. The van der Waals surface area contributed by atoms with E-state index in [2.05, 4.69) is 24.0 Å². The number of nitrogens with zero attached hydrogens (tertiary/aromatic N) is 1. The van der Waals surface area contributed by atoms with Gasteiger partial charge in [-0.15, -0.1) is 0 Å². The molecule has 0 spiro atoms. The first-order valence-corrected chi connectivity index (χ1v) is 6.20. The molecule has 1 rings (SSSR count). The van der Waals surface area contributed by atoms with Gasteiger partial charge < -0.3 is 16.4 Å². The number of carbonyl (C=O) groups excluding carboxylic acids is 1. The summed E-state index contributed by atoms with van der Waals surface area (Å²) >= 11 is 0. The lowest BCUT2D eigenvalue weighted by molar-refractivity contribution is -0.122. The van der Waals surface area contributed by atoms with Gasteiger partial charge >= 0.3 is 0 Å². The molecule has 4 heteroatoms. The summed E-state index contributed by atoms with van der Waals surface area (Å²) in [6.45, 7) is 4.62. The third-order valence-corrected chi connectivity index (χ3v) is 3.28. The molecule has 0 bridgehead atoms. The van der Waals surface area contributed by atoms with Crippen LogP contribution in [0.15, 0.2) is 24.3 Å². The minimum absolute atomic E-state index is 0.443. The van der Waals surface area contributed by atoms with E-state index in [1.165, 1.54) is 11.3 Å². The molecule has 0 aromatic heterocycles. The number of hydrogen-bond donors (Lipinski definition) is 2. The molecule has 100 valence electrons. The van der Waals surface area contributed by atoms with Crippen molar-refractivity contribution in [1.29, 1.82) is 0 Å². The van der Waals surface area contributed by atoms with Crippen LogP contribution in [-0.4, -0.2) is 25.0 Å². The highest BCUT2D eigenvalue weighted by Crippen LogP contribution is 2.19. The average molecular weight is 249 g/mol. The van der Waals surface area contributed by atoms with Crippen molar-refractivity contribution in [2.24, 2.45) is 11.5 Å². The van der Waals surface area contributed by atoms with E-state index in [9.17, 15) is 4.79 Å². The summed E-state index contributed by atoms with van der Waals surface area (Å²) < 4.78 is 0. The molecule has 1 amide bonds. The van der Waals surface area contributed by atoms with Crippen LogP contribution in [0.5, 0.6) is 0 Å². The lowest BCUT2D eigenvalue weighted by Gasteiger charge is -2.24. The van der Waals surface area contributed by atoms with Crippen molar-refractivity contribution >= 4 is 11.6 Å². The number of primary amides is 1. The van der Waals surface area contributed by atoms with E-state index < -0.39 is 11.4 Å². The number of rotatable bonds is 6. The monoisotopic (exact) mass is 249 g/mol. The number of benzene rings is 1. The number of aryl methyl sites for hydroxylation is 1. The Balaban J connectivity index is 2.50. The number of nitrogens with two attached hydrogens (primary N) is 2. The molecule has 0 aliphatic heterocycles. The van der Waals surface area contributed by atoms with Crippen LogP contribution in [0.25, 0.3) is 0 Å². The van der Waals surface area contributed by atoms with Crippen molar-refractivity contribution in [2.45, 2.75) is 32.2 Å². The molecule has 0 saturated carbocycles. The van der Waals surface area contributed by atoms with Gasteiger partial charge in [0.25, 0.3) is 0 Å². The van der Waals surface area contributed by atoms with Gasteiger partial charge in [0.15, 0.2) is 0 Å². The summed E-state index contributed by atoms with van der Waals surface area (Å²) in [5, 5.41) is 0. The van der Waals surface area contributed by atoms with Gasteiger partial charge in [0.05, 0.1) is 5.54 Å². The molecular weight excluding hydrogens is 226 g/mol. The van der Waals surface area contributed by atoms with E-state index in [-0.39, 0.29) is 0 Å². The van der Waals surface area contributed by atoms with Crippen molar-refractivity contribution in [2.75, 3.05) is 18.5 Å². The Labute approximate surface area is 109 Å². The van der Waals surface area contributed by atoms with Crippen molar-refractivity contribution in [3.8, 4) is 0 Å². The second kappa shape index (κ2) is 5.87. The van der Waals surface area contributed by atoms with Crippen LogP contribution < -0.4 is 16.4 Å². The predicted octanol–water partition coefficient (Wildman–Crippen LogP) is 1.41. The molecule has 4 nitrogen and oxygen atoms in total. The van der Waals surface area contributed by atoms with Crippen molar-refractivity contribution in [3.63, 3.8) is 0 Å². The van der Waals surface area contributed by atoms with Crippen LogP contribution in [0.1, 0.15) is 25.3 Å². The molecule has 0 radical (unpaired) electrons. The maximum atomic E-state index is 11.1. The van der Waals surface area contributed by atoms with Gasteiger partial charge in [-0.1, -0.05) is 18.2 Å². The van der Waals surface area contributed by atoms with Gasteiger partial charge in [0.2, 0.25) is 5.91 Å². The van der Waals surface area contributed by atoms with Gasteiger partial charge in [-0.25, -0.2) is 0 Å². The second-order valence-corrected chi connectivity index (χ2v) is 5.09. The second-order valence-electron chi connectivity index (χ2n) is 5.09. The van der Waals surface area contributed by atoms with E-state index in [0.717, 1.165) is 13.0 Å². The summed E-state index contributed by atoms with van der Waals surface area (Å²) in [5.74, 6) is -0.443. The minimum Gasteiger partial charge on any atom is -0.374 e. The standard InChI is InChI=1S/C14H23N3O/c1-11-7-4-5-8-12(11)17(3)10-6-9-14(2,16)13(15)18/h4-5,7-8H,6,9-10,16H2,1-3H3,(H2,15,18). The topological polar surface area (TPSA) is 72.3 Å². The average Bonchev–Trinajstić information content (AvgIpc) is 2.29. The highest BCUT2D eigenvalue weighted by molar-refractivity contribution is 5.83. The third-order valence-electron chi connectivity index (χ3n) is 3.28. The summed E-state index contributed by atoms with van der Waals surface area (Å²) in [5.41, 5.74) is 12.6. The van der Waals surface area contributed by atoms with Crippen LogP contribution in [-0.2, 0) is 4.79 Å². The Morgan fingerprint density at radius 2 is 2.00 bits per heavy atom. The van der Waals surface area contributed by atoms with Crippen LogP contribution >= 0.6 is 0 Å². The molecule has 0 heterocycles. The Morgan fingerprint density at radius 1 is 1.39 bits per heavy atom. The van der Waals surface area contributed by atoms with E-state index >= 15 is 0 Å². The highest BCUT2D eigenvalue weighted by Gasteiger charge is 2.24. The van der Waals surface area contributed by atoms with E-state index in [1.807, 2.05) is 19.2 Å². The van der Waals surface area contributed by atoms with Gasteiger partial charge in [0, 0.05) is 19.3 Å². The third kappa shape index (κ3) is 3.74. The van der Waals surface area contributed by atoms with Crippen LogP contribution in [0, 0.1) is 6.92 Å². The highest BCUT2D eigenvalue weighted by atomic mass is 16.1. The van der Waals surface area contributed by atoms with Gasteiger partial charge in [-0.2, -0.15) is 0 Å². The quantitative estimate of drug-likeness (QED) is 0.800. The van der Waals surface area contributed by atoms with Crippen LogP contribution in [0.4, 0.5) is 5.69 Å². The molecule has 1 unspecified atom stereocenters. The molecule has 0 aliphatic rings. The van der Waals surface area contributed by atoms with Crippen molar-refractivity contribution in [3.05, 3.63) is 29.8 Å². The van der Waals surface area contributed by atoms with E-state index in [4.69, 9.17) is 11.5 Å². The van der Waals surface area contributed by atoms with Crippen LogP contribution in [0.3, 0.4) is 0 Å². The summed E-state index contributed by atoms with van der Waals surface area (Å²) in [6.07, 6.45) is 1.43. The Bertz CT molecular complexity index is 415. The number of carbonyl (C=O) groups is 1. The van der Waals surface area contributed by atoms with Crippen molar-refractivity contribution in [1.82, 2.24) is 0 Å². The molecule has 18 heavy (non-hydrogen) atoms. The van der Waals surface area contributed by atoms with Crippen molar-refractivity contribution < 1.29 is 4.79 Å². The lowest BCUT2D eigenvalue weighted by Crippen LogP contribution is -2.49. The molecule has 1 aromatic rings. The fourth-order valence-corrected chi connectivity index (χ4v) is 1.92. The molecule has 1 aromatic carbocycles. The summed E-state index contributed by atoms with van der Waals surface area (Å²) in [6, 6.07) is 8.22. The zero-order valence-electron chi connectivity index (χ0n) is 11.4. The maximum Gasteiger partial charge on any atom is 0.237 e. The van der Waals surface area contributed by atoms with Gasteiger partial charge in [0.1, 0.15) is 0 Å². The first kappa shape index (κ1) is 14.5. The Morgan fingerprint density at radius 3 is 2.56 bits per heavy atom. The summed E-state index contributed by atoms with van der Waals surface area (Å²) in [7, 11) is 2.04. The van der Waals surface area contributed by atoms with Gasteiger partial charge in [-0.05, 0) is 38.3 Å². The molecule has 0 aliphatic carbocycles. The lowest BCUT2D eigenvalue weighted by atomic mass is 9.96. The molecular formula is C14H23N3O. The zero-order chi connectivity index (χ0) is 13.8. The number of anilines is 1. The Kier molecular flexibility index (Phi) is 4.73. The number of hydrogen-bond acceptors (Lipinski definition) is 3.